The third-order valence-corrected chi connectivity index (χ3v) is 4.50. The lowest BCUT2D eigenvalue weighted by Gasteiger charge is -2.20. The van der Waals surface area contributed by atoms with Gasteiger partial charge in [0.25, 0.3) is 0 Å². The van der Waals surface area contributed by atoms with Crippen LogP contribution in [-0.4, -0.2) is 22.7 Å². The van der Waals surface area contributed by atoms with Crippen LogP contribution in [0.4, 0.5) is 11.4 Å². The average molecular weight is 313 g/mol. The molecule has 0 aromatic heterocycles. The van der Waals surface area contributed by atoms with Crippen molar-refractivity contribution in [2.24, 2.45) is 5.92 Å². The number of nitrogens with zero attached hydrogens (tertiary/aromatic N) is 1. The van der Waals surface area contributed by atoms with Crippen LogP contribution in [0.3, 0.4) is 0 Å². The molecule has 1 aliphatic carbocycles. The third kappa shape index (κ3) is 2.50. The number of para-hydroxylation sites is 2. The summed E-state index contributed by atoms with van der Waals surface area (Å²) in [5.41, 5.74) is 1.36. The van der Waals surface area contributed by atoms with Crippen molar-refractivity contribution in [3.05, 3.63) is 24.3 Å². The highest BCUT2D eigenvalue weighted by atomic mass is 35.5. The normalized spacial score (nSPS) is 23.8. The van der Waals surface area contributed by atoms with Gasteiger partial charge in [-0.15, -0.1) is 23.2 Å². The van der Waals surface area contributed by atoms with Gasteiger partial charge in [-0.25, -0.2) is 0 Å². The Balaban J connectivity index is 1.80. The topological polar surface area (TPSA) is 49.4 Å². The minimum atomic E-state index is -0.942. The number of nitrogens with one attached hydrogen (secondary N) is 1. The summed E-state index contributed by atoms with van der Waals surface area (Å²) in [5.74, 6) is -0.496. The van der Waals surface area contributed by atoms with E-state index in [0.29, 0.717) is 25.1 Å². The maximum absolute atomic E-state index is 12.1. The molecular formula is C14H14Cl2N2O2. The van der Waals surface area contributed by atoms with E-state index in [4.69, 9.17) is 23.2 Å². The fourth-order valence-corrected chi connectivity index (χ4v) is 2.94. The van der Waals surface area contributed by atoms with Crippen molar-refractivity contribution < 1.29 is 9.59 Å². The Labute approximate surface area is 127 Å². The SMILES string of the molecule is O=C(Nc1ccccc1N1CCCC1=O)C1CC1(Cl)Cl. The molecule has 2 fully saturated rings. The van der Waals surface area contributed by atoms with E-state index in [1.165, 1.54) is 0 Å². The number of anilines is 2. The Bertz CT molecular complexity index is 574. The summed E-state index contributed by atoms with van der Waals surface area (Å²) in [6.07, 6.45) is 1.86. The van der Waals surface area contributed by atoms with Crippen LogP contribution < -0.4 is 10.2 Å². The molecule has 1 atom stereocenters. The first-order valence-electron chi connectivity index (χ1n) is 6.57. The van der Waals surface area contributed by atoms with E-state index in [-0.39, 0.29) is 17.7 Å². The van der Waals surface area contributed by atoms with Gasteiger partial charge in [-0.2, -0.15) is 0 Å². The highest BCUT2D eigenvalue weighted by Crippen LogP contribution is 2.53. The second kappa shape index (κ2) is 4.93. The molecule has 1 aromatic carbocycles. The first kappa shape index (κ1) is 13.7. The Morgan fingerprint density at radius 2 is 2.05 bits per heavy atom. The fourth-order valence-electron chi connectivity index (χ4n) is 2.44. The van der Waals surface area contributed by atoms with E-state index in [9.17, 15) is 9.59 Å². The predicted octanol–water partition coefficient (Wildman–Crippen LogP) is 2.95. The highest BCUT2D eigenvalue weighted by molar-refractivity contribution is 6.52. The van der Waals surface area contributed by atoms with E-state index in [2.05, 4.69) is 5.32 Å². The molecule has 1 aliphatic heterocycles. The summed E-state index contributed by atoms with van der Waals surface area (Å²) in [4.78, 5) is 25.6. The largest absolute Gasteiger partial charge is 0.324 e. The Kier molecular flexibility index (Phi) is 3.38. The fraction of sp³-hybridized carbons (Fsp3) is 0.429. The van der Waals surface area contributed by atoms with Gasteiger partial charge >= 0.3 is 0 Å². The van der Waals surface area contributed by atoms with Crippen LogP contribution in [0.5, 0.6) is 0 Å². The van der Waals surface area contributed by atoms with Gasteiger partial charge in [0, 0.05) is 13.0 Å². The van der Waals surface area contributed by atoms with Crippen LogP contribution in [0.1, 0.15) is 19.3 Å². The lowest BCUT2D eigenvalue weighted by molar-refractivity contribution is -0.118. The Morgan fingerprint density at radius 1 is 1.35 bits per heavy atom. The van der Waals surface area contributed by atoms with Gasteiger partial charge in [0.15, 0.2) is 0 Å². The van der Waals surface area contributed by atoms with Gasteiger partial charge in [-0.3, -0.25) is 9.59 Å². The van der Waals surface area contributed by atoms with Gasteiger partial charge < -0.3 is 10.2 Å². The zero-order valence-corrected chi connectivity index (χ0v) is 12.2. The quantitative estimate of drug-likeness (QED) is 0.872. The zero-order chi connectivity index (χ0) is 14.3. The Morgan fingerprint density at radius 3 is 2.65 bits per heavy atom. The number of benzene rings is 1. The number of rotatable bonds is 3. The second-order valence-corrected chi connectivity index (χ2v) is 6.72. The Hall–Kier alpha value is -1.26. The molecule has 1 N–H and O–H groups in total. The first-order chi connectivity index (χ1) is 9.49. The number of hydrogen-bond acceptors (Lipinski definition) is 2. The van der Waals surface area contributed by atoms with Crippen LogP contribution in [0, 0.1) is 5.92 Å². The van der Waals surface area contributed by atoms with Crippen LogP contribution in [-0.2, 0) is 9.59 Å². The van der Waals surface area contributed by atoms with Crippen molar-refractivity contribution in [3.8, 4) is 0 Å². The lowest BCUT2D eigenvalue weighted by atomic mass is 10.2. The molecule has 3 rings (SSSR count). The van der Waals surface area contributed by atoms with Crippen molar-refractivity contribution in [3.63, 3.8) is 0 Å². The molecule has 0 spiro atoms. The molecule has 0 radical (unpaired) electrons. The smallest absolute Gasteiger partial charge is 0.230 e. The van der Waals surface area contributed by atoms with Crippen LogP contribution in [0.2, 0.25) is 0 Å². The number of carbonyl (C=O) groups excluding carboxylic acids is 2. The molecule has 1 saturated carbocycles. The van der Waals surface area contributed by atoms with E-state index in [0.717, 1.165) is 12.1 Å². The second-order valence-electron chi connectivity index (χ2n) is 5.17. The highest BCUT2D eigenvalue weighted by Gasteiger charge is 2.56. The number of halogens is 2. The number of amides is 2. The summed E-state index contributed by atoms with van der Waals surface area (Å²) in [7, 11) is 0. The van der Waals surface area contributed by atoms with E-state index < -0.39 is 4.33 Å². The molecule has 6 heteroatoms. The number of carbonyl (C=O) groups is 2. The van der Waals surface area contributed by atoms with Gasteiger partial charge in [-0.1, -0.05) is 12.1 Å². The predicted molar refractivity (Wildman–Crippen MR) is 79.2 cm³/mol. The summed E-state index contributed by atoms with van der Waals surface area (Å²) in [5, 5.41) is 2.82. The molecule has 1 unspecified atom stereocenters. The summed E-state index contributed by atoms with van der Waals surface area (Å²) in [6.45, 7) is 0.685. The molecule has 1 aromatic rings. The molecule has 1 heterocycles. The average Bonchev–Trinajstić information content (AvgIpc) is 2.84. The molecule has 0 bridgehead atoms. The molecule has 106 valence electrons. The van der Waals surface area contributed by atoms with Crippen molar-refractivity contribution in [1.82, 2.24) is 0 Å². The monoisotopic (exact) mass is 312 g/mol. The standard InChI is InChI=1S/C14H14Cl2N2O2/c15-14(16)8-9(14)13(20)17-10-4-1-2-5-11(10)18-7-3-6-12(18)19/h1-2,4-5,9H,3,6-8H2,(H,17,20). The molecular weight excluding hydrogens is 299 g/mol. The van der Waals surface area contributed by atoms with E-state index in [1.54, 1.807) is 11.0 Å². The lowest BCUT2D eigenvalue weighted by Crippen LogP contribution is -2.26. The minimum absolute atomic E-state index is 0.0853. The molecule has 20 heavy (non-hydrogen) atoms. The van der Waals surface area contributed by atoms with Crippen LogP contribution in [0.25, 0.3) is 0 Å². The molecule has 4 nitrogen and oxygen atoms in total. The van der Waals surface area contributed by atoms with Crippen molar-refractivity contribution >= 4 is 46.4 Å². The maximum Gasteiger partial charge on any atom is 0.230 e. The first-order valence-corrected chi connectivity index (χ1v) is 7.33. The van der Waals surface area contributed by atoms with Crippen LogP contribution >= 0.6 is 23.2 Å². The number of alkyl halides is 2. The molecule has 1 saturated heterocycles. The van der Waals surface area contributed by atoms with Gasteiger partial charge in [-0.05, 0) is 25.0 Å². The van der Waals surface area contributed by atoms with E-state index in [1.807, 2.05) is 18.2 Å². The number of hydrogen-bond donors (Lipinski definition) is 1. The van der Waals surface area contributed by atoms with E-state index >= 15 is 0 Å². The summed E-state index contributed by atoms with van der Waals surface area (Å²) < 4.78 is -0.942. The zero-order valence-electron chi connectivity index (χ0n) is 10.7. The third-order valence-electron chi connectivity index (χ3n) is 3.67. The maximum atomic E-state index is 12.1. The van der Waals surface area contributed by atoms with Crippen molar-refractivity contribution in [2.75, 3.05) is 16.8 Å². The summed E-state index contributed by atoms with van der Waals surface area (Å²) >= 11 is 11.8. The van der Waals surface area contributed by atoms with Gasteiger partial charge in [0.2, 0.25) is 11.8 Å². The molecule has 2 amide bonds. The van der Waals surface area contributed by atoms with Gasteiger partial charge in [0.1, 0.15) is 4.33 Å². The van der Waals surface area contributed by atoms with Gasteiger partial charge in [0.05, 0.1) is 17.3 Å². The minimum Gasteiger partial charge on any atom is -0.324 e. The van der Waals surface area contributed by atoms with Crippen molar-refractivity contribution in [2.45, 2.75) is 23.6 Å². The van der Waals surface area contributed by atoms with Crippen molar-refractivity contribution in [1.29, 1.82) is 0 Å². The molecule has 2 aliphatic rings. The van der Waals surface area contributed by atoms with Crippen LogP contribution in [0.15, 0.2) is 24.3 Å². The summed E-state index contributed by atoms with van der Waals surface area (Å²) in [6, 6.07) is 7.29.